The first-order valence-corrected chi connectivity index (χ1v) is 4.81. The number of hydrazine groups is 1. The van der Waals surface area contributed by atoms with Gasteiger partial charge < -0.3 is 5.73 Å². The van der Waals surface area contributed by atoms with Gasteiger partial charge in [0, 0.05) is 6.20 Å². The van der Waals surface area contributed by atoms with Gasteiger partial charge in [0.05, 0.1) is 11.8 Å². The van der Waals surface area contributed by atoms with Crippen molar-refractivity contribution in [2.75, 3.05) is 0 Å². The zero-order valence-electron chi connectivity index (χ0n) is 9.18. The molecule has 1 unspecified atom stereocenters. The van der Waals surface area contributed by atoms with E-state index in [-0.39, 0.29) is 17.4 Å². The summed E-state index contributed by atoms with van der Waals surface area (Å²) >= 11 is 0. The number of carbonyl (C=O) groups excluding carboxylic acids is 2. The van der Waals surface area contributed by atoms with E-state index in [1.54, 1.807) is 0 Å². The fourth-order valence-electron chi connectivity index (χ4n) is 1.43. The van der Waals surface area contributed by atoms with Gasteiger partial charge >= 0.3 is 0 Å². The van der Waals surface area contributed by atoms with Crippen LogP contribution in [-0.4, -0.2) is 21.6 Å². The van der Waals surface area contributed by atoms with Crippen molar-refractivity contribution in [2.24, 2.45) is 17.5 Å². The molecule has 0 bridgehead atoms. The molecular formula is C9H15N5O2. The summed E-state index contributed by atoms with van der Waals surface area (Å²) in [6.07, 6.45) is 2.75. The van der Waals surface area contributed by atoms with Crippen LogP contribution in [0.1, 0.15) is 30.2 Å². The van der Waals surface area contributed by atoms with Crippen molar-refractivity contribution in [1.29, 1.82) is 0 Å². The standard InChI is InChI=1S/C9H15N5O2/c1-5(2)7(9(16)13-11)14-4-6(3-12-14)8(10)15/h3-5,7H,11H2,1-2H3,(H2,10,15)(H,13,16). The Balaban J connectivity index is 3.02. The van der Waals surface area contributed by atoms with Crippen molar-refractivity contribution in [3.8, 4) is 0 Å². The monoisotopic (exact) mass is 225 g/mol. The minimum Gasteiger partial charge on any atom is -0.366 e. The van der Waals surface area contributed by atoms with Gasteiger partial charge in [-0.15, -0.1) is 0 Å². The van der Waals surface area contributed by atoms with E-state index in [9.17, 15) is 9.59 Å². The number of hydrogen-bond acceptors (Lipinski definition) is 4. The zero-order valence-corrected chi connectivity index (χ0v) is 9.18. The minimum absolute atomic E-state index is 0.0100. The van der Waals surface area contributed by atoms with Crippen LogP contribution in [-0.2, 0) is 4.79 Å². The van der Waals surface area contributed by atoms with Gasteiger partial charge in [0.15, 0.2) is 0 Å². The summed E-state index contributed by atoms with van der Waals surface area (Å²) in [6.45, 7) is 3.71. The van der Waals surface area contributed by atoms with Crippen LogP contribution in [0.5, 0.6) is 0 Å². The summed E-state index contributed by atoms with van der Waals surface area (Å²) in [5, 5.41) is 3.93. The van der Waals surface area contributed by atoms with Crippen LogP contribution in [0, 0.1) is 5.92 Å². The Bertz CT molecular complexity index is 398. The molecule has 16 heavy (non-hydrogen) atoms. The zero-order chi connectivity index (χ0) is 12.3. The Hall–Kier alpha value is -1.89. The van der Waals surface area contributed by atoms with Crippen LogP contribution in [0.2, 0.25) is 0 Å². The van der Waals surface area contributed by atoms with E-state index in [1.807, 2.05) is 13.8 Å². The normalized spacial score (nSPS) is 12.5. The van der Waals surface area contributed by atoms with Gasteiger partial charge in [-0.1, -0.05) is 13.8 Å². The molecule has 0 saturated carbocycles. The SMILES string of the molecule is CC(C)C(C(=O)NN)n1cc(C(N)=O)cn1. The number of nitrogens with two attached hydrogens (primary N) is 2. The number of primary amides is 1. The molecule has 0 fully saturated rings. The van der Waals surface area contributed by atoms with Crippen molar-refractivity contribution in [1.82, 2.24) is 15.2 Å². The third-order valence-electron chi connectivity index (χ3n) is 2.21. The highest BCUT2D eigenvalue weighted by molar-refractivity contribution is 5.92. The molecule has 0 aliphatic carbocycles. The van der Waals surface area contributed by atoms with E-state index in [0.29, 0.717) is 0 Å². The lowest BCUT2D eigenvalue weighted by molar-refractivity contribution is -0.125. The smallest absolute Gasteiger partial charge is 0.258 e. The van der Waals surface area contributed by atoms with E-state index in [2.05, 4.69) is 10.5 Å². The Morgan fingerprint density at radius 2 is 2.12 bits per heavy atom. The molecule has 0 spiro atoms. The maximum absolute atomic E-state index is 11.5. The number of amides is 2. The van der Waals surface area contributed by atoms with E-state index < -0.39 is 11.9 Å². The van der Waals surface area contributed by atoms with E-state index in [1.165, 1.54) is 17.1 Å². The maximum Gasteiger partial charge on any atom is 0.258 e. The average molecular weight is 225 g/mol. The van der Waals surface area contributed by atoms with Crippen molar-refractivity contribution >= 4 is 11.8 Å². The first-order chi connectivity index (χ1) is 7.47. The second kappa shape index (κ2) is 4.75. The third-order valence-corrected chi connectivity index (χ3v) is 2.21. The molecule has 1 heterocycles. The summed E-state index contributed by atoms with van der Waals surface area (Å²) < 4.78 is 1.38. The second-order valence-corrected chi connectivity index (χ2v) is 3.77. The fraction of sp³-hybridized carbons (Fsp3) is 0.444. The summed E-state index contributed by atoms with van der Waals surface area (Å²) in [7, 11) is 0. The fourth-order valence-corrected chi connectivity index (χ4v) is 1.43. The molecule has 7 heteroatoms. The average Bonchev–Trinajstić information content (AvgIpc) is 2.66. The third kappa shape index (κ3) is 2.37. The number of nitrogens with zero attached hydrogens (tertiary/aromatic N) is 2. The van der Waals surface area contributed by atoms with Crippen LogP contribution in [0.3, 0.4) is 0 Å². The van der Waals surface area contributed by atoms with Crippen molar-refractivity contribution < 1.29 is 9.59 Å². The van der Waals surface area contributed by atoms with Gasteiger partial charge in [-0.3, -0.25) is 19.7 Å². The van der Waals surface area contributed by atoms with E-state index in [4.69, 9.17) is 11.6 Å². The van der Waals surface area contributed by atoms with Gasteiger partial charge in [0.25, 0.3) is 11.8 Å². The first kappa shape index (κ1) is 12.2. The van der Waals surface area contributed by atoms with Gasteiger partial charge in [-0.25, -0.2) is 5.84 Å². The lowest BCUT2D eigenvalue weighted by Crippen LogP contribution is -2.39. The molecule has 1 atom stereocenters. The molecule has 0 aliphatic rings. The summed E-state index contributed by atoms with van der Waals surface area (Å²) in [4.78, 5) is 22.4. The molecule has 2 amide bonds. The van der Waals surface area contributed by atoms with Gasteiger partial charge in [0.1, 0.15) is 6.04 Å². The molecule has 1 aromatic heterocycles. The Morgan fingerprint density at radius 3 is 2.50 bits per heavy atom. The van der Waals surface area contributed by atoms with Crippen LogP contribution >= 0.6 is 0 Å². The van der Waals surface area contributed by atoms with E-state index in [0.717, 1.165) is 0 Å². The minimum atomic E-state index is -0.582. The number of nitrogens with one attached hydrogen (secondary N) is 1. The molecule has 0 saturated heterocycles. The quantitative estimate of drug-likeness (QED) is 0.352. The van der Waals surface area contributed by atoms with Crippen molar-refractivity contribution in [2.45, 2.75) is 19.9 Å². The summed E-state index contributed by atoms with van der Waals surface area (Å²) in [5.74, 6) is 4.12. The largest absolute Gasteiger partial charge is 0.366 e. The number of hydrogen-bond donors (Lipinski definition) is 3. The predicted molar refractivity (Wildman–Crippen MR) is 57.0 cm³/mol. The summed E-state index contributed by atoms with van der Waals surface area (Å²) in [6, 6.07) is -0.557. The van der Waals surface area contributed by atoms with Crippen LogP contribution in [0.15, 0.2) is 12.4 Å². The topological polar surface area (TPSA) is 116 Å². The molecule has 88 valence electrons. The highest BCUT2D eigenvalue weighted by atomic mass is 16.2. The van der Waals surface area contributed by atoms with E-state index >= 15 is 0 Å². The first-order valence-electron chi connectivity index (χ1n) is 4.81. The van der Waals surface area contributed by atoms with Crippen molar-refractivity contribution in [3.05, 3.63) is 18.0 Å². The molecule has 0 radical (unpaired) electrons. The molecule has 5 N–H and O–H groups in total. The number of aromatic nitrogens is 2. The molecule has 0 aliphatic heterocycles. The lowest BCUT2D eigenvalue weighted by atomic mass is 10.0. The molecule has 1 rings (SSSR count). The molecule has 1 aromatic rings. The Labute approximate surface area is 92.8 Å². The van der Waals surface area contributed by atoms with Gasteiger partial charge in [-0.2, -0.15) is 5.10 Å². The van der Waals surface area contributed by atoms with Crippen molar-refractivity contribution in [3.63, 3.8) is 0 Å². The Morgan fingerprint density at radius 1 is 1.50 bits per heavy atom. The van der Waals surface area contributed by atoms with Crippen LogP contribution in [0.25, 0.3) is 0 Å². The van der Waals surface area contributed by atoms with Crippen LogP contribution in [0.4, 0.5) is 0 Å². The highest BCUT2D eigenvalue weighted by Gasteiger charge is 2.24. The summed E-state index contributed by atoms with van der Waals surface area (Å²) in [5.41, 5.74) is 7.42. The van der Waals surface area contributed by atoms with Crippen LogP contribution < -0.4 is 17.0 Å². The molecular weight excluding hydrogens is 210 g/mol. The van der Waals surface area contributed by atoms with Gasteiger partial charge in [-0.05, 0) is 5.92 Å². The second-order valence-electron chi connectivity index (χ2n) is 3.77. The molecule has 7 nitrogen and oxygen atoms in total. The predicted octanol–water partition coefficient (Wildman–Crippen LogP) is -0.831. The molecule has 0 aromatic carbocycles. The highest BCUT2D eigenvalue weighted by Crippen LogP contribution is 2.17. The number of rotatable bonds is 4. The lowest BCUT2D eigenvalue weighted by Gasteiger charge is -2.19. The van der Waals surface area contributed by atoms with Gasteiger partial charge in [0.2, 0.25) is 0 Å². The maximum atomic E-state index is 11.5. The Kier molecular flexibility index (Phi) is 3.62. The number of carbonyl (C=O) groups is 2.